The number of rotatable bonds is 3. The molecule has 0 unspecified atom stereocenters. The van der Waals surface area contributed by atoms with Gasteiger partial charge in [-0.25, -0.2) is 15.0 Å². The number of aromatic nitrogens is 3. The molecule has 3 heteroatoms. The zero-order valence-corrected chi connectivity index (χ0v) is 9.17. The van der Waals surface area contributed by atoms with E-state index in [1.165, 1.54) is 0 Å². The van der Waals surface area contributed by atoms with Crippen LogP contribution < -0.4 is 0 Å². The average molecular weight is 211 g/mol. The van der Waals surface area contributed by atoms with Gasteiger partial charge < -0.3 is 0 Å². The minimum absolute atomic E-state index is 0.732. The fourth-order valence-corrected chi connectivity index (χ4v) is 1.38. The Kier molecular flexibility index (Phi) is 3.38. The van der Waals surface area contributed by atoms with E-state index in [0.29, 0.717) is 0 Å². The van der Waals surface area contributed by atoms with E-state index >= 15 is 0 Å². The third-order valence-corrected chi connectivity index (χ3v) is 2.19. The first-order valence-electron chi connectivity index (χ1n) is 5.24. The molecule has 0 aliphatic carbocycles. The molecule has 2 aromatic rings. The summed E-state index contributed by atoms with van der Waals surface area (Å²) in [4.78, 5) is 12.7. The van der Waals surface area contributed by atoms with Crippen molar-refractivity contribution in [3.63, 3.8) is 0 Å². The van der Waals surface area contributed by atoms with E-state index in [0.717, 1.165) is 23.6 Å². The average Bonchev–Trinajstić information content (AvgIpc) is 2.38. The number of hydrogen-bond acceptors (Lipinski definition) is 3. The Balaban J connectivity index is 2.29. The zero-order chi connectivity index (χ0) is 11.2. The molecule has 80 valence electrons. The molecule has 0 aliphatic heterocycles. The maximum Gasteiger partial charge on any atom is 0.163 e. The van der Waals surface area contributed by atoms with Crippen molar-refractivity contribution >= 4 is 0 Å². The van der Waals surface area contributed by atoms with Gasteiger partial charge >= 0.3 is 0 Å². The highest BCUT2D eigenvalue weighted by molar-refractivity contribution is 5.53. The van der Waals surface area contributed by atoms with E-state index in [1.54, 1.807) is 6.33 Å². The Morgan fingerprint density at radius 2 is 1.94 bits per heavy atom. The molecule has 1 heterocycles. The molecule has 0 saturated carbocycles. The Bertz CT molecular complexity index is 478. The van der Waals surface area contributed by atoms with E-state index in [1.807, 2.05) is 49.4 Å². The first kappa shape index (κ1) is 10.5. The highest BCUT2D eigenvalue weighted by Gasteiger charge is 2.01. The van der Waals surface area contributed by atoms with Crippen molar-refractivity contribution in [3.05, 3.63) is 54.6 Å². The summed E-state index contributed by atoms with van der Waals surface area (Å²) in [6.45, 7) is 1.99. The van der Waals surface area contributed by atoms with E-state index in [4.69, 9.17) is 0 Å². The number of hydrogen-bond donors (Lipinski definition) is 0. The van der Waals surface area contributed by atoms with Crippen LogP contribution in [0, 0.1) is 0 Å². The molecule has 1 aromatic heterocycles. The lowest BCUT2D eigenvalue weighted by molar-refractivity contribution is 0.939. The second-order valence-electron chi connectivity index (χ2n) is 3.36. The summed E-state index contributed by atoms with van der Waals surface area (Å²) in [5, 5.41) is 0. The molecule has 2 rings (SSSR count). The van der Waals surface area contributed by atoms with Crippen molar-refractivity contribution in [2.24, 2.45) is 0 Å². The molecule has 0 saturated heterocycles. The monoisotopic (exact) mass is 211 g/mol. The maximum absolute atomic E-state index is 4.41. The fraction of sp³-hybridized carbons (Fsp3) is 0.154. The summed E-state index contributed by atoms with van der Waals surface area (Å²) in [6.07, 6.45) is 6.34. The molecule has 0 amide bonds. The van der Waals surface area contributed by atoms with E-state index in [9.17, 15) is 0 Å². The standard InChI is InChI=1S/C13H13N3/c1-2-3-9-12-14-10-15-13(16-12)11-7-5-4-6-8-11/h2-8,10H,9H2,1H3/b3-2-. The van der Waals surface area contributed by atoms with Crippen LogP contribution in [0.15, 0.2) is 48.8 Å². The topological polar surface area (TPSA) is 38.7 Å². The van der Waals surface area contributed by atoms with Crippen LogP contribution in [0.4, 0.5) is 0 Å². The largest absolute Gasteiger partial charge is 0.221 e. The summed E-state index contributed by atoms with van der Waals surface area (Å²) >= 11 is 0. The zero-order valence-electron chi connectivity index (χ0n) is 9.17. The van der Waals surface area contributed by atoms with Gasteiger partial charge in [-0.3, -0.25) is 0 Å². The van der Waals surface area contributed by atoms with Gasteiger partial charge in [0.25, 0.3) is 0 Å². The number of benzene rings is 1. The second-order valence-corrected chi connectivity index (χ2v) is 3.36. The molecule has 0 atom stereocenters. The summed E-state index contributed by atoms with van der Waals surface area (Å²) in [5.74, 6) is 1.53. The van der Waals surface area contributed by atoms with Crippen LogP contribution in [0.5, 0.6) is 0 Å². The summed E-state index contributed by atoms with van der Waals surface area (Å²) in [6, 6.07) is 9.92. The Morgan fingerprint density at radius 1 is 1.12 bits per heavy atom. The van der Waals surface area contributed by atoms with Crippen molar-refractivity contribution in [1.29, 1.82) is 0 Å². The molecule has 0 bridgehead atoms. The molecule has 0 fully saturated rings. The van der Waals surface area contributed by atoms with Crippen LogP contribution in [0.2, 0.25) is 0 Å². The molecule has 0 radical (unpaired) electrons. The minimum atomic E-state index is 0.732. The summed E-state index contributed by atoms with van der Waals surface area (Å²) in [5.41, 5.74) is 1.02. The molecule has 16 heavy (non-hydrogen) atoms. The van der Waals surface area contributed by atoms with Gasteiger partial charge in [-0.05, 0) is 6.92 Å². The lowest BCUT2D eigenvalue weighted by Gasteiger charge is -2.00. The van der Waals surface area contributed by atoms with E-state index in [-0.39, 0.29) is 0 Å². The van der Waals surface area contributed by atoms with Gasteiger partial charge in [0.1, 0.15) is 12.2 Å². The third-order valence-electron chi connectivity index (χ3n) is 2.19. The smallest absolute Gasteiger partial charge is 0.163 e. The van der Waals surface area contributed by atoms with Crippen LogP contribution in [-0.4, -0.2) is 15.0 Å². The number of allylic oxidation sites excluding steroid dienone is 2. The van der Waals surface area contributed by atoms with Crippen molar-refractivity contribution in [3.8, 4) is 11.4 Å². The summed E-state index contributed by atoms with van der Waals surface area (Å²) in [7, 11) is 0. The fourth-order valence-electron chi connectivity index (χ4n) is 1.38. The van der Waals surface area contributed by atoms with Gasteiger partial charge in [0.15, 0.2) is 5.82 Å². The van der Waals surface area contributed by atoms with Gasteiger partial charge in [0, 0.05) is 12.0 Å². The molecule has 1 aromatic carbocycles. The van der Waals surface area contributed by atoms with Crippen LogP contribution in [0.1, 0.15) is 12.7 Å². The first-order valence-corrected chi connectivity index (χ1v) is 5.24. The van der Waals surface area contributed by atoms with Crippen LogP contribution in [0.25, 0.3) is 11.4 Å². The van der Waals surface area contributed by atoms with Gasteiger partial charge in [-0.2, -0.15) is 0 Å². The van der Waals surface area contributed by atoms with Crippen molar-refractivity contribution in [2.45, 2.75) is 13.3 Å². The van der Waals surface area contributed by atoms with Crippen molar-refractivity contribution in [2.75, 3.05) is 0 Å². The van der Waals surface area contributed by atoms with Crippen molar-refractivity contribution < 1.29 is 0 Å². The molecule has 0 aliphatic rings. The highest BCUT2D eigenvalue weighted by atomic mass is 15.0. The lowest BCUT2D eigenvalue weighted by atomic mass is 10.2. The predicted molar refractivity (Wildman–Crippen MR) is 63.8 cm³/mol. The third kappa shape index (κ3) is 2.51. The van der Waals surface area contributed by atoms with Gasteiger partial charge in [-0.1, -0.05) is 42.5 Å². The minimum Gasteiger partial charge on any atom is -0.221 e. The predicted octanol–water partition coefficient (Wildman–Crippen LogP) is 2.66. The van der Waals surface area contributed by atoms with Gasteiger partial charge in [0.05, 0.1) is 0 Å². The molecule has 0 spiro atoms. The first-order chi connectivity index (χ1) is 7.90. The highest BCUT2D eigenvalue weighted by Crippen LogP contribution is 2.12. The van der Waals surface area contributed by atoms with Gasteiger partial charge in [-0.15, -0.1) is 0 Å². The molecule has 3 nitrogen and oxygen atoms in total. The van der Waals surface area contributed by atoms with E-state index < -0.39 is 0 Å². The quantitative estimate of drug-likeness (QED) is 0.732. The number of nitrogens with zero attached hydrogens (tertiary/aromatic N) is 3. The summed E-state index contributed by atoms with van der Waals surface area (Å²) < 4.78 is 0. The van der Waals surface area contributed by atoms with Crippen LogP contribution in [-0.2, 0) is 6.42 Å². The van der Waals surface area contributed by atoms with Crippen molar-refractivity contribution in [1.82, 2.24) is 15.0 Å². The Labute approximate surface area is 94.9 Å². The second kappa shape index (κ2) is 5.16. The SMILES string of the molecule is C/C=C\Cc1ncnc(-c2ccccc2)n1. The van der Waals surface area contributed by atoms with Crippen LogP contribution in [0.3, 0.4) is 0 Å². The Hall–Kier alpha value is -2.03. The normalized spacial score (nSPS) is 10.8. The van der Waals surface area contributed by atoms with Crippen LogP contribution >= 0.6 is 0 Å². The molecule has 0 N–H and O–H groups in total. The maximum atomic E-state index is 4.41. The van der Waals surface area contributed by atoms with E-state index in [2.05, 4.69) is 15.0 Å². The lowest BCUT2D eigenvalue weighted by Crippen LogP contribution is -1.97. The molecular formula is C13H13N3. The van der Waals surface area contributed by atoms with Gasteiger partial charge in [0.2, 0.25) is 0 Å². The molecular weight excluding hydrogens is 198 g/mol. The Morgan fingerprint density at radius 3 is 2.69 bits per heavy atom.